The lowest BCUT2D eigenvalue weighted by Gasteiger charge is -2.06. The molecule has 0 radical (unpaired) electrons. The minimum atomic E-state index is -0.264. The van der Waals surface area contributed by atoms with Crippen LogP contribution >= 0.6 is 15.9 Å². The van der Waals surface area contributed by atoms with Crippen molar-refractivity contribution < 1.29 is 5.11 Å². The third kappa shape index (κ3) is 3.62. The first-order valence-electron chi connectivity index (χ1n) is 5.65. The summed E-state index contributed by atoms with van der Waals surface area (Å²) in [5.74, 6) is 0. The van der Waals surface area contributed by atoms with E-state index in [-0.39, 0.29) is 5.60 Å². The van der Waals surface area contributed by atoms with E-state index in [2.05, 4.69) is 40.2 Å². The molecule has 0 unspecified atom stereocenters. The number of hydrogen-bond acceptors (Lipinski definition) is 1. The predicted molar refractivity (Wildman–Crippen MR) is 65.9 cm³/mol. The maximum Gasteiger partial charge on any atom is 0.0650 e. The number of hydrogen-bond donors (Lipinski definition) is 1. The third-order valence-electron chi connectivity index (χ3n) is 3.10. The SMILES string of the molecule is OC1(CCCCc2ccc(Br)cc2)CC1. The van der Waals surface area contributed by atoms with E-state index in [0.29, 0.717) is 0 Å². The van der Waals surface area contributed by atoms with E-state index in [4.69, 9.17) is 0 Å². The first-order valence-corrected chi connectivity index (χ1v) is 6.44. The number of aliphatic hydroxyl groups is 1. The lowest BCUT2D eigenvalue weighted by molar-refractivity contribution is 0.136. The molecule has 15 heavy (non-hydrogen) atoms. The Labute approximate surface area is 99.6 Å². The topological polar surface area (TPSA) is 20.2 Å². The van der Waals surface area contributed by atoms with Crippen LogP contribution in [0.2, 0.25) is 0 Å². The second-order valence-corrected chi connectivity index (χ2v) is 5.47. The Bertz CT molecular complexity index is 314. The second kappa shape index (κ2) is 4.67. The molecule has 0 bridgehead atoms. The summed E-state index contributed by atoms with van der Waals surface area (Å²) >= 11 is 3.43. The van der Waals surface area contributed by atoms with Crippen molar-refractivity contribution in [2.75, 3.05) is 0 Å². The number of aryl methyl sites for hydroxylation is 1. The highest BCUT2D eigenvalue weighted by atomic mass is 79.9. The number of rotatable bonds is 5. The van der Waals surface area contributed by atoms with Crippen molar-refractivity contribution in [3.63, 3.8) is 0 Å². The first-order chi connectivity index (χ1) is 7.18. The van der Waals surface area contributed by atoms with Crippen LogP contribution in [0.5, 0.6) is 0 Å². The summed E-state index contributed by atoms with van der Waals surface area (Å²) in [4.78, 5) is 0. The van der Waals surface area contributed by atoms with Gasteiger partial charge >= 0.3 is 0 Å². The van der Waals surface area contributed by atoms with Crippen LogP contribution in [0.15, 0.2) is 28.7 Å². The molecule has 1 aromatic rings. The van der Waals surface area contributed by atoms with Gasteiger partial charge in [-0.25, -0.2) is 0 Å². The molecule has 0 aromatic heterocycles. The van der Waals surface area contributed by atoms with Gasteiger partial charge in [0.25, 0.3) is 0 Å². The summed E-state index contributed by atoms with van der Waals surface area (Å²) in [7, 11) is 0. The Hall–Kier alpha value is -0.340. The van der Waals surface area contributed by atoms with Crippen molar-refractivity contribution in [1.82, 2.24) is 0 Å². The monoisotopic (exact) mass is 268 g/mol. The van der Waals surface area contributed by atoms with Gasteiger partial charge in [-0.15, -0.1) is 0 Å². The smallest absolute Gasteiger partial charge is 0.0650 e. The Morgan fingerprint density at radius 2 is 1.80 bits per heavy atom. The van der Waals surface area contributed by atoms with E-state index in [1.807, 2.05) is 0 Å². The molecule has 0 spiro atoms. The van der Waals surface area contributed by atoms with E-state index in [9.17, 15) is 5.11 Å². The lowest BCUT2D eigenvalue weighted by Crippen LogP contribution is -2.05. The second-order valence-electron chi connectivity index (χ2n) is 4.56. The van der Waals surface area contributed by atoms with Gasteiger partial charge in [-0.1, -0.05) is 34.5 Å². The third-order valence-corrected chi connectivity index (χ3v) is 3.63. The van der Waals surface area contributed by atoms with Gasteiger partial charge < -0.3 is 5.11 Å². The Morgan fingerprint density at radius 3 is 2.40 bits per heavy atom. The average molecular weight is 269 g/mol. The Morgan fingerprint density at radius 1 is 1.13 bits per heavy atom. The van der Waals surface area contributed by atoms with Crippen LogP contribution in [0, 0.1) is 0 Å². The molecule has 1 fully saturated rings. The van der Waals surface area contributed by atoms with Gasteiger partial charge in [0.15, 0.2) is 0 Å². The largest absolute Gasteiger partial charge is 0.390 e. The molecule has 82 valence electrons. The maximum absolute atomic E-state index is 9.66. The van der Waals surface area contributed by atoms with Crippen LogP contribution in [0.4, 0.5) is 0 Å². The molecule has 0 atom stereocenters. The van der Waals surface area contributed by atoms with Crippen molar-refractivity contribution in [3.05, 3.63) is 34.3 Å². The van der Waals surface area contributed by atoms with Crippen molar-refractivity contribution in [2.24, 2.45) is 0 Å². The van der Waals surface area contributed by atoms with Gasteiger partial charge in [0.2, 0.25) is 0 Å². The molecule has 0 heterocycles. The lowest BCUT2D eigenvalue weighted by atomic mass is 10.0. The maximum atomic E-state index is 9.66. The van der Waals surface area contributed by atoms with E-state index in [1.165, 1.54) is 12.0 Å². The van der Waals surface area contributed by atoms with Crippen molar-refractivity contribution in [1.29, 1.82) is 0 Å². The molecule has 1 aliphatic carbocycles. The van der Waals surface area contributed by atoms with Crippen molar-refractivity contribution in [3.8, 4) is 0 Å². The summed E-state index contributed by atoms with van der Waals surface area (Å²) in [6, 6.07) is 8.50. The zero-order chi connectivity index (χ0) is 10.7. The van der Waals surface area contributed by atoms with Gasteiger partial charge in [0.05, 0.1) is 5.60 Å². The van der Waals surface area contributed by atoms with Gasteiger partial charge in [0.1, 0.15) is 0 Å². The molecular weight excluding hydrogens is 252 g/mol. The van der Waals surface area contributed by atoms with Crippen LogP contribution in [0.25, 0.3) is 0 Å². The summed E-state index contributed by atoms with van der Waals surface area (Å²) in [5.41, 5.74) is 1.13. The molecule has 1 N–H and O–H groups in total. The molecule has 2 heteroatoms. The number of unbranched alkanes of at least 4 members (excludes halogenated alkanes) is 1. The standard InChI is InChI=1S/C13H17BrO/c14-12-6-4-11(5-7-12)3-1-2-8-13(15)9-10-13/h4-7,15H,1-3,8-10H2. The average Bonchev–Trinajstić information content (AvgIpc) is 2.95. The molecular formula is C13H17BrO. The molecule has 0 amide bonds. The highest BCUT2D eigenvalue weighted by Gasteiger charge is 2.39. The zero-order valence-electron chi connectivity index (χ0n) is 8.88. The van der Waals surface area contributed by atoms with Crippen LogP contribution in [-0.4, -0.2) is 10.7 Å². The van der Waals surface area contributed by atoms with Crippen molar-refractivity contribution in [2.45, 2.75) is 44.1 Å². The fraction of sp³-hybridized carbons (Fsp3) is 0.538. The quantitative estimate of drug-likeness (QED) is 0.808. The van der Waals surface area contributed by atoms with Gasteiger partial charge in [0, 0.05) is 4.47 Å². The Balaban J connectivity index is 1.67. The van der Waals surface area contributed by atoms with Crippen molar-refractivity contribution >= 4 is 15.9 Å². The summed E-state index contributed by atoms with van der Waals surface area (Å²) in [5, 5.41) is 9.66. The van der Waals surface area contributed by atoms with Gasteiger partial charge in [-0.3, -0.25) is 0 Å². The van der Waals surface area contributed by atoms with Crippen LogP contribution in [-0.2, 0) is 6.42 Å². The minimum Gasteiger partial charge on any atom is -0.390 e. The van der Waals surface area contributed by atoms with Crippen LogP contribution in [0.1, 0.15) is 37.7 Å². The minimum absolute atomic E-state index is 0.264. The van der Waals surface area contributed by atoms with E-state index in [0.717, 1.165) is 36.6 Å². The Kier molecular flexibility index (Phi) is 3.47. The fourth-order valence-electron chi connectivity index (χ4n) is 1.83. The van der Waals surface area contributed by atoms with Gasteiger partial charge in [-0.05, 0) is 49.8 Å². The van der Waals surface area contributed by atoms with E-state index >= 15 is 0 Å². The molecule has 1 aromatic carbocycles. The molecule has 0 saturated heterocycles. The zero-order valence-corrected chi connectivity index (χ0v) is 10.5. The van der Waals surface area contributed by atoms with E-state index < -0.39 is 0 Å². The molecule has 0 aliphatic heterocycles. The first kappa shape index (κ1) is 11.2. The predicted octanol–water partition coefficient (Wildman–Crippen LogP) is 3.69. The summed E-state index contributed by atoms with van der Waals surface area (Å²) < 4.78 is 1.14. The summed E-state index contributed by atoms with van der Waals surface area (Å²) in [6.45, 7) is 0. The van der Waals surface area contributed by atoms with Crippen LogP contribution in [0.3, 0.4) is 0 Å². The number of halogens is 1. The molecule has 1 aliphatic rings. The summed E-state index contributed by atoms with van der Waals surface area (Å²) in [6.07, 6.45) is 6.49. The van der Waals surface area contributed by atoms with Gasteiger partial charge in [-0.2, -0.15) is 0 Å². The normalized spacial score (nSPS) is 17.7. The highest BCUT2D eigenvalue weighted by molar-refractivity contribution is 9.10. The molecule has 1 saturated carbocycles. The highest BCUT2D eigenvalue weighted by Crippen LogP contribution is 2.39. The number of benzene rings is 1. The van der Waals surface area contributed by atoms with E-state index in [1.54, 1.807) is 0 Å². The molecule has 2 rings (SSSR count). The van der Waals surface area contributed by atoms with Crippen LogP contribution < -0.4 is 0 Å². The fourth-order valence-corrected chi connectivity index (χ4v) is 2.09. The molecule has 1 nitrogen and oxygen atoms in total.